The van der Waals surface area contributed by atoms with E-state index in [9.17, 15) is 4.79 Å². The zero-order chi connectivity index (χ0) is 13.4. The summed E-state index contributed by atoms with van der Waals surface area (Å²) < 4.78 is 0. The second-order valence-electron chi connectivity index (χ2n) is 4.36. The Kier molecular flexibility index (Phi) is 6.04. The fraction of sp³-hybridized carbons (Fsp3) is 0.667. The molecule has 2 N–H and O–H groups in total. The van der Waals surface area contributed by atoms with Gasteiger partial charge in [-0.15, -0.1) is 10.2 Å². The highest BCUT2D eigenvalue weighted by Crippen LogP contribution is 2.03. The maximum Gasteiger partial charge on any atom is 0.274 e. The summed E-state index contributed by atoms with van der Waals surface area (Å²) in [5.41, 5.74) is 3.81. The SMILES string of the molecule is CCCCCC/C(C)=N\Nc1nnc(C)c(=O)[nH]1. The summed E-state index contributed by atoms with van der Waals surface area (Å²) >= 11 is 0. The third-order valence-corrected chi connectivity index (χ3v) is 2.61. The zero-order valence-electron chi connectivity index (χ0n) is 11.3. The molecule has 0 aliphatic rings. The molecule has 0 saturated heterocycles. The van der Waals surface area contributed by atoms with Gasteiger partial charge >= 0.3 is 0 Å². The summed E-state index contributed by atoms with van der Waals surface area (Å²) in [5, 5.41) is 11.7. The van der Waals surface area contributed by atoms with E-state index in [1.807, 2.05) is 6.92 Å². The molecule has 0 amide bonds. The molecule has 0 aliphatic carbocycles. The number of aromatic amines is 1. The van der Waals surface area contributed by atoms with Gasteiger partial charge in [-0.25, -0.2) is 5.43 Å². The number of unbranched alkanes of at least 4 members (excludes halogenated alkanes) is 3. The fourth-order valence-corrected chi connectivity index (χ4v) is 1.46. The molecule has 0 fully saturated rings. The van der Waals surface area contributed by atoms with Crippen LogP contribution in [0, 0.1) is 6.92 Å². The van der Waals surface area contributed by atoms with E-state index in [2.05, 4.69) is 32.6 Å². The number of rotatable bonds is 7. The van der Waals surface area contributed by atoms with Gasteiger partial charge < -0.3 is 0 Å². The first-order chi connectivity index (χ1) is 8.63. The topological polar surface area (TPSA) is 83.0 Å². The third kappa shape index (κ3) is 5.07. The first kappa shape index (κ1) is 14.3. The van der Waals surface area contributed by atoms with E-state index >= 15 is 0 Å². The molecule has 18 heavy (non-hydrogen) atoms. The van der Waals surface area contributed by atoms with Gasteiger partial charge in [0.15, 0.2) is 0 Å². The molecule has 0 aromatic carbocycles. The fourth-order valence-electron chi connectivity index (χ4n) is 1.46. The third-order valence-electron chi connectivity index (χ3n) is 2.61. The van der Waals surface area contributed by atoms with Crippen LogP contribution in [0.5, 0.6) is 0 Å². The number of anilines is 1. The molecule has 0 unspecified atom stereocenters. The van der Waals surface area contributed by atoms with Crippen molar-refractivity contribution in [2.75, 3.05) is 5.43 Å². The summed E-state index contributed by atoms with van der Waals surface area (Å²) in [6, 6.07) is 0. The number of hydrogen-bond donors (Lipinski definition) is 2. The van der Waals surface area contributed by atoms with Gasteiger partial charge in [0.2, 0.25) is 5.95 Å². The molecule has 6 nitrogen and oxygen atoms in total. The highest BCUT2D eigenvalue weighted by Gasteiger charge is 1.98. The van der Waals surface area contributed by atoms with Gasteiger partial charge in [0, 0.05) is 5.71 Å². The minimum atomic E-state index is -0.247. The summed E-state index contributed by atoms with van der Waals surface area (Å²) in [4.78, 5) is 13.8. The predicted octanol–water partition coefficient (Wildman–Crippen LogP) is 2.23. The van der Waals surface area contributed by atoms with Crippen LogP contribution in [-0.2, 0) is 0 Å². The van der Waals surface area contributed by atoms with Crippen LogP contribution >= 0.6 is 0 Å². The Hall–Kier alpha value is -1.72. The summed E-state index contributed by atoms with van der Waals surface area (Å²) in [7, 11) is 0. The molecule has 100 valence electrons. The van der Waals surface area contributed by atoms with Crippen LogP contribution in [0.4, 0.5) is 5.95 Å². The Balaban J connectivity index is 2.42. The van der Waals surface area contributed by atoms with Crippen LogP contribution in [0.2, 0.25) is 0 Å². The van der Waals surface area contributed by atoms with Gasteiger partial charge in [-0.1, -0.05) is 26.2 Å². The average molecular weight is 251 g/mol. The molecule has 1 heterocycles. The van der Waals surface area contributed by atoms with Gasteiger partial charge in [-0.2, -0.15) is 5.10 Å². The number of nitrogens with zero attached hydrogens (tertiary/aromatic N) is 3. The van der Waals surface area contributed by atoms with Crippen molar-refractivity contribution in [1.82, 2.24) is 15.2 Å². The van der Waals surface area contributed by atoms with Crippen LogP contribution in [0.3, 0.4) is 0 Å². The van der Waals surface area contributed by atoms with E-state index in [0.717, 1.165) is 18.6 Å². The molecule has 1 aromatic heterocycles. The Labute approximate surface area is 107 Å². The van der Waals surface area contributed by atoms with Crippen molar-refractivity contribution in [3.8, 4) is 0 Å². The normalized spacial score (nSPS) is 11.6. The lowest BCUT2D eigenvalue weighted by Crippen LogP contribution is -2.15. The number of H-pyrrole nitrogens is 1. The van der Waals surface area contributed by atoms with Crippen molar-refractivity contribution in [3.05, 3.63) is 16.0 Å². The molecule has 0 saturated carbocycles. The first-order valence-electron chi connectivity index (χ1n) is 6.36. The molecule has 0 aliphatic heterocycles. The standard InChI is InChI=1S/C12H21N5O/c1-4-5-6-7-8-9(2)14-16-12-13-11(18)10(3)15-17-12/h4-8H2,1-3H3,(H2,13,16,17,18)/b14-9-. The number of aryl methyl sites for hydroxylation is 1. The quantitative estimate of drug-likeness (QED) is 0.442. The molecule has 0 atom stereocenters. The summed E-state index contributed by atoms with van der Waals surface area (Å²) in [6.45, 7) is 5.76. The van der Waals surface area contributed by atoms with E-state index < -0.39 is 0 Å². The molecule has 6 heteroatoms. The van der Waals surface area contributed by atoms with Gasteiger partial charge in [0.1, 0.15) is 5.69 Å². The van der Waals surface area contributed by atoms with Crippen molar-refractivity contribution in [2.24, 2.45) is 5.10 Å². The van der Waals surface area contributed by atoms with Gasteiger partial charge in [0.05, 0.1) is 0 Å². The maximum absolute atomic E-state index is 11.3. The van der Waals surface area contributed by atoms with Crippen molar-refractivity contribution in [3.63, 3.8) is 0 Å². The van der Waals surface area contributed by atoms with Gasteiger partial charge in [-0.05, 0) is 26.7 Å². The van der Waals surface area contributed by atoms with Crippen molar-refractivity contribution < 1.29 is 0 Å². The van der Waals surface area contributed by atoms with E-state index in [4.69, 9.17) is 0 Å². The summed E-state index contributed by atoms with van der Waals surface area (Å²) in [6.07, 6.45) is 5.81. The zero-order valence-corrected chi connectivity index (χ0v) is 11.3. The van der Waals surface area contributed by atoms with Crippen LogP contribution in [0.1, 0.15) is 51.6 Å². The van der Waals surface area contributed by atoms with Crippen LogP contribution in [0.15, 0.2) is 9.90 Å². The predicted molar refractivity (Wildman–Crippen MR) is 72.9 cm³/mol. The largest absolute Gasteiger partial charge is 0.288 e. The van der Waals surface area contributed by atoms with E-state index in [-0.39, 0.29) is 11.5 Å². The Morgan fingerprint density at radius 3 is 2.78 bits per heavy atom. The minimum Gasteiger partial charge on any atom is -0.288 e. The molecule has 1 rings (SSSR count). The molecular formula is C12H21N5O. The number of aromatic nitrogens is 3. The molecule has 0 radical (unpaired) electrons. The highest BCUT2D eigenvalue weighted by atomic mass is 16.1. The molecule has 1 aromatic rings. The Morgan fingerprint density at radius 1 is 1.33 bits per heavy atom. The molecule has 0 spiro atoms. The van der Waals surface area contributed by atoms with E-state index in [0.29, 0.717) is 5.69 Å². The molecular weight excluding hydrogens is 230 g/mol. The van der Waals surface area contributed by atoms with Crippen molar-refractivity contribution >= 4 is 11.7 Å². The maximum atomic E-state index is 11.3. The van der Waals surface area contributed by atoms with Crippen molar-refractivity contribution in [1.29, 1.82) is 0 Å². The van der Waals surface area contributed by atoms with Crippen LogP contribution < -0.4 is 11.0 Å². The minimum absolute atomic E-state index is 0.247. The average Bonchev–Trinajstić information content (AvgIpc) is 2.36. The first-order valence-corrected chi connectivity index (χ1v) is 6.36. The number of hydrogen-bond acceptors (Lipinski definition) is 5. The Bertz CT molecular complexity index is 452. The lowest BCUT2D eigenvalue weighted by Gasteiger charge is -2.02. The van der Waals surface area contributed by atoms with Gasteiger partial charge in [0.25, 0.3) is 5.56 Å². The lowest BCUT2D eigenvalue weighted by atomic mass is 10.1. The van der Waals surface area contributed by atoms with E-state index in [1.54, 1.807) is 6.92 Å². The highest BCUT2D eigenvalue weighted by molar-refractivity contribution is 5.82. The number of nitrogens with one attached hydrogen (secondary N) is 2. The monoisotopic (exact) mass is 251 g/mol. The Morgan fingerprint density at radius 2 is 2.11 bits per heavy atom. The number of hydrazone groups is 1. The van der Waals surface area contributed by atoms with Crippen LogP contribution in [0.25, 0.3) is 0 Å². The molecule has 0 bridgehead atoms. The van der Waals surface area contributed by atoms with Crippen LogP contribution in [-0.4, -0.2) is 20.9 Å². The smallest absolute Gasteiger partial charge is 0.274 e. The van der Waals surface area contributed by atoms with E-state index in [1.165, 1.54) is 19.3 Å². The summed E-state index contributed by atoms with van der Waals surface area (Å²) in [5.74, 6) is 0.276. The van der Waals surface area contributed by atoms with Gasteiger partial charge in [-0.3, -0.25) is 9.78 Å². The second kappa shape index (κ2) is 7.58. The van der Waals surface area contributed by atoms with Crippen molar-refractivity contribution in [2.45, 2.75) is 52.9 Å². The lowest BCUT2D eigenvalue weighted by molar-refractivity contribution is 0.682. The second-order valence-corrected chi connectivity index (χ2v) is 4.36.